The molecule has 0 aliphatic rings. The summed E-state index contributed by atoms with van der Waals surface area (Å²) in [5, 5.41) is 12.8. The number of nitrogens with one attached hydrogen (secondary N) is 3. The lowest BCUT2D eigenvalue weighted by atomic mass is 10.2. The van der Waals surface area contributed by atoms with Gasteiger partial charge in [-0.15, -0.1) is 11.8 Å². The second-order valence-electron chi connectivity index (χ2n) is 8.16. The molecular weight excluding hydrogens is 538 g/mol. The van der Waals surface area contributed by atoms with E-state index in [0.29, 0.717) is 22.0 Å². The summed E-state index contributed by atoms with van der Waals surface area (Å²) in [6, 6.07) is 23.1. The highest BCUT2D eigenvalue weighted by atomic mass is 35.5. The number of hydrogen-bond acceptors (Lipinski definition) is 5. The molecule has 0 radical (unpaired) electrons. The second-order valence-corrected chi connectivity index (χ2v) is 10.4. The number of carbonyl (C=O) groups excluding carboxylic acids is 3. The molecule has 9 heteroatoms. The highest BCUT2D eigenvalue weighted by Crippen LogP contribution is 2.25. The van der Waals surface area contributed by atoms with Crippen LogP contribution in [0, 0.1) is 6.92 Å². The van der Waals surface area contributed by atoms with E-state index >= 15 is 0 Å². The average molecular weight is 562 g/mol. The van der Waals surface area contributed by atoms with Crippen molar-refractivity contribution in [3.05, 3.63) is 117 Å². The van der Waals surface area contributed by atoms with Crippen molar-refractivity contribution in [3.8, 4) is 0 Å². The molecule has 1 aromatic heterocycles. The maximum absolute atomic E-state index is 13.1. The summed E-state index contributed by atoms with van der Waals surface area (Å²) < 4.78 is 0. The van der Waals surface area contributed by atoms with E-state index in [-0.39, 0.29) is 23.3 Å². The molecule has 0 spiro atoms. The molecule has 6 nitrogen and oxygen atoms in total. The standard InChI is InChI=1S/C29H24ClN3O3S2/c1-19-24(30)8-5-9-25(19)32-27(34)18-38-23-12-10-22(11-13-23)31-29(36)26(16-20-14-15-37-17-20)33-28(35)21-6-3-2-4-7-21/h2-17H,18H2,1H3,(H,31,36)(H,32,34)(H,33,35)/b26-16-. The van der Waals surface area contributed by atoms with Crippen LogP contribution in [0.1, 0.15) is 21.5 Å². The summed E-state index contributed by atoms with van der Waals surface area (Å²) in [4.78, 5) is 39.0. The maximum atomic E-state index is 13.1. The number of hydrogen-bond donors (Lipinski definition) is 3. The minimum atomic E-state index is -0.447. The summed E-state index contributed by atoms with van der Waals surface area (Å²) in [6.07, 6.45) is 1.64. The van der Waals surface area contributed by atoms with Crippen LogP contribution >= 0.6 is 34.7 Å². The van der Waals surface area contributed by atoms with Gasteiger partial charge in [-0.2, -0.15) is 11.3 Å². The topological polar surface area (TPSA) is 87.3 Å². The van der Waals surface area contributed by atoms with Gasteiger partial charge in [-0.3, -0.25) is 14.4 Å². The minimum absolute atomic E-state index is 0.128. The number of amides is 3. The van der Waals surface area contributed by atoms with E-state index in [0.717, 1.165) is 16.0 Å². The van der Waals surface area contributed by atoms with Crippen molar-refractivity contribution in [3.63, 3.8) is 0 Å². The summed E-state index contributed by atoms with van der Waals surface area (Å²) >= 11 is 8.99. The fraction of sp³-hybridized carbons (Fsp3) is 0.0690. The van der Waals surface area contributed by atoms with Gasteiger partial charge in [0.25, 0.3) is 11.8 Å². The first kappa shape index (κ1) is 27.2. The van der Waals surface area contributed by atoms with Crippen molar-refractivity contribution in [2.45, 2.75) is 11.8 Å². The van der Waals surface area contributed by atoms with Gasteiger partial charge in [-0.1, -0.05) is 35.9 Å². The quantitative estimate of drug-likeness (QED) is 0.154. The summed E-state index contributed by atoms with van der Waals surface area (Å²) in [6.45, 7) is 1.85. The summed E-state index contributed by atoms with van der Waals surface area (Å²) in [5.41, 5.74) is 3.46. The molecule has 192 valence electrons. The number of thioether (sulfide) groups is 1. The zero-order chi connectivity index (χ0) is 26.9. The van der Waals surface area contributed by atoms with Crippen LogP contribution in [0.15, 0.2) is 100 Å². The molecule has 0 bridgehead atoms. The molecular formula is C29H24ClN3O3S2. The zero-order valence-corrected chi connectivity index (χ0v) is 22.8. The van der Waals surface area contributed by atoms with Crippen LogP contribution < -0.4 is 16.0 Å². The minimum Gasteiger partial charge on any atom is -0.325 e. The Hall–Kier alpha value is -3.85. The van der Waals surface area contributed by atoms with E-state index in [1.54, 1.807) is 54.6 Å². The molecule has 0 saturated heterocycles. The largest absolute Gasteiger partial charge is 0.325 e. The highest BCUT2D eigenvalue weighted by molar-refractivity contribution is 8.00. The molecule has 0 fully saturated rings. The Labute approximate surface area is 234 Å². The lowest BCUT2D eigenvalue weighted by Gasteiger charge is -2.12. The van der Waals surface area contributed by atoms with Gasteiger partial charge in [-0.05, 0) is 89.5 Å². The Morgan fingerprint density at radius 2 is 1.68 bits per heavy atom. The number of rotatable bonds is 9. The van der Waals surface area contributed by atoms with Crippen LogP contribution in [0.2, 0.25) is 5.02 Å². The van der Waals surface area contributed by atoms with E-state index in [4.69, 9.17) is 11.6 Å². The first-order chi connectivity index (χ1) is 18.4. The first-order valence-electron chi connectivity index (χ1n) is 11.6. The predicted octanol–water partition coefficient (Wildman–Crippen LogP) is 6.85. The van der Waals surface area contributed by atoms with E-state index < -0.39 is 5.91 Å². The fourth-order valence-corrected chi connectivity index (χ4v) is 4.87. The van der Waals surface area contributed by atoms with Crippen molar-refractivity contribution in [2.75, 3.05) is 16.4 Å². The second kappa shape index (κ2) is 13.1. The molecule has 4 aromatic rings. The Bertz CT molecular complexity index is 1450. The number of benzene rings is 3. The molecule has 3 amide bonds. The van der Waals surface area contributed by atoms with Crippen molar-refractivity contribution in [2.24, 2.45) is 0 Å². The molecule has 4 rings (SSSR count). The zero-order valence-electron chi connectivity index (χ0n) is 20.4. The fourth-order valence-electron chi connectivity index (χ4n) is 3.38. The lowest BCUT2D eigenvalue weighted by molar-refractivity contribution is -0.114. The van der Waals surface area contributed by atoms with Crippen molar-refractivity contribution in [1.82, 2.24) is 5.32 Å². The van der Waals surface area contributed by atoms with Crippen LogP contribution in [0.5, 0.6) is 0 Å². The summed E-state index contributed by atoms with van der Waals surface area (Å²) in [7, 11) is 0. The first-order valence-corrected chi connectivity index (χ1v) is 13.9. The van der Waals surface area contributed by atoms with Gasteiger partial charge >= 0.3 is 0 Å². The third-order valence-electron chi connectivity index (χ3n) is 5.41. The van der Waals surface area contributed by atoms with Crippen LogP contribution in [0.3, 0.4) is 0 Å². The Morgan fingerprint density at radius 3 is 2.39 bits per heavy atom. The van der Waals surface area contributed by atoms with E-state index in [9.17, 15) is 14.4 Å². The summed E-state index contributed by atoms with van der Waals surface area (Å²) in [5.74, 6) is -0.746. The molecule has 0 unspecified atom stereocenters. The molecule has 0 aliphatic carbocycles. The van der Waals surface area contributed by atoms with Crippen LogP contribution in [-0.4, -0.2) is 23.5 Å². The van der Waals surface area contributed by atoms with Gasteiger partial charge in [-0.25, -0.2) is 0 Å². The molecule has 0 saturated carbocycles. The Kier molecular flexibility index (Phi) is 9.37. The van der Waals surface area contributed by atoms with Gasteiger partial charge < -0.3 is 16.0 Å². The van der Waals surface area contributed by atoms with Gasteiger partial charge in [0.2, 0.25) is 5.91 Å². The Morgan fingerprint density at radius 1 is 0.921 bits per heavy atom. The molecule has 3 aromatic carbocycles. The van der Waals surface area contributed by atoms with Gasteiger partial charge in [0.05, 0.1) is 5.75 Å². The predicted molar refractivity (Wildman–Crippen MR) is 157 cm³/mol. The molecule has 0 atom stereocenters. The van der Waals surface area contributed by atoms with Gasteiger partial charge in [0, 0.05) is 26.9 Å². The van der Waals surface area contributed by atoms with Gasteiger partial charge in [0.1, 0.15) is 5.70 Å². The average Bonchev–Trinajstić information content (AvgIpc) is 3.44. The van der Waals surface area contributed by atoms with E-state index in [1.165, 1.54) is 23.1 Å². The molecule has 0 aliphatic heterocycles. The molecule has 1 heterocycles. The third kappa shape index (κ3) is 7.58. The monoisotopic (exact) mass is 561 g/mol. The molecule has 38 heavy (non-hydrogen) atoms. The Balaban J connectivity index is 1.37. The lowest BCUT2D eigenvalue weighted by Crippen LogP contribution is -2.30. The molecule has 3 N–H and O–H groups in total. The normalized spacial score (nSPS) is 11.1. The van der Waals surface area contributed by atoms with Crippen molar-refractivity contribution < 1.29 is 14.4 Å². The smallest absolute Gasteiger partial charge is 0.272 e. The van der Waals surface area contributed by atoms with E-state index in [1.807, 2.05) is 48.0 Å². The highest BCUT2D eigenvalue weighted by Gasteiger charge is 2.15. The van der Waals surface area contributed by atoms with Crippen molar-refractivity contribution >= 4 is 69.9 Å². The third-order valence-corrected chi connectivity index (χ3v) is 7.53. The van der Waals surface area contributed by atoms with Crippen LogP contribution in [0.25, 0.3) is 6.08 Å². The van der Waals surface area contributed by atoms with Crippen molar-refractivity contribution in [1.29, 1.82) is 0 Å². The number of thiophene rings is 1. The maximum Gasteiger partial charge on any atom is 0.272 e. The van der Waals surface area contributed by atoms with Crippen LogP contribution in [-0.2, 0) is 9.59 Å². The number of anilines is 2. The van der Waals surface area contributed by atoms with Gasteiger partial charge in [0.15, 0.2) is 0 Å². The SMILES string of the molecule is Cc1c(Cl)cccc1NC(=O)CSc1ccc(NC(=O)/C(=C/c2ccsc2)NC(=O)c2ccccc2)cc1. The number of carbonyl (C=O) groups is 3. The number of halogens is 1. The van der Waals surface area contributed by atoms with E-state index in [2.05, 4.69) is 16.0 Å². The van der Waals surface area contributed by atoms with Crippen LogP contribution in [0.4, 0.5) is 11.4 Å².